The second-order valence-electron chi connectivity index (χ2n) is 5.01. The third-order valence-corrected chi connectivity index (χ3v) is 4.01. The SMILES string of the molecule is COC(=O)COc1ccc2c(=O)c(-c3ccc(Br)cc3)coc2c1. The van der Waals surface area contributed by atoms with Crippen LogP contribution in [0.3, 0.4) is 0 Å². The molecule has 3 aromatic rings. The zero-order valence-corrected chi connectivity index (χ0v) is 14.3. The van der Waals surface area contributed by atoms with E-state index in [1.54, 1.807) is 18.2 Å². The van der Waals surface area contributed by atoms with Gasteiger partial charge in [-0.15, -0.1) is 0 Å². The van der Waals surface area contributed by atoms with Crippen LogP contribution in [-0.2, 0) is 9.53 Å². The Morgan fingerprint density at radius 1 is 1.17 bits per heavy atom. The summed E-state index contributed by atoms with van der Waals surface area (Å²) < 4.78 is 16.3. The number of esters is 1. The molecule has 0 saturated heterocycles. The summed E-state index contributed by atoms with van der Waals surface area (Å²) in [6, 6.07) is 12.2. The van der Waals surface area contributed by atoms with E-state index in [4.69, 9.17) is 9.15 Å². The zero-order chi connectivity index (χ0) is 17.1. The highest BCUT2D eigenvalue weighted by atomic mass is 79.9. The lowest BCUT2D eigenvalue weighted by atomic mass is 10.1. The molecule has 0 aliphatic carbocycles. The minimum Gasteiger partial charge on any atom is -0.482 e. The van der Waals surface area contributed by atoms with Crippen molar-refractivity contribution in [2.24, 2.45) is 0 Å². The van der Waals surface area contributed by atoms with E-state index in [9.17, 15) is 9.59 Å². The van der Waals surface area contributed by atoms with Crippen molar-refractivity contribution < 1.29 is 18.7 Å². The van der Waals surface area contributed by atoms with Crippen molar-refractivity contribution in [3.05, 3.63) is 63.4 Å². The molecule has 1 heterocycles. The Kier molecular flexibility index (Phi) is 4.66. The molecule has 0 amide bonds. The summed E-state index contributed by atoms with van der Waals surface area (Å²) in [6.45, 7) is -0.205. The maximum Gasteiger partial charge on any atom is 0.343 e. The number of halogens is 1. The number of carbonyl (C=O) groups excluding carboxylic acids is 1. The van der Waals surface area contributed by atoms with Gasteiger partial charge in [-0.1, -0.05) is 28.1 Å². The lowest BCUT2D eigenvalue weighted by Crippen LogP contribution is -2.12. The molecule has 122 valence electrons. The van der Waals surface area contributed by atoms with E-state index < -0.39 is 5.97 Å². The molecule has 0 spiro atoms. The van der Waals surface area contributed by atoms with Crippen LogP contribution < -0.4 is 10.2 Å². The minimum atomic E-state index is -0.484. The molecule has 0 bridgehead atoms. The third-order valence-electron chi connectivity index (χ3n) is 3.49. The molecule has 24 heavy (non-hydrogen) atoms. The molecule has 0 saturated carbocycles. The number of benzene rings is 2. The average Bonchev–Trinajstić information content (AvgIpc) is 2.61. The lowest BCUT2D eigenvalue weighted by molar-refractivity contribution is -0.142. The summed E-state index contributed by atoms with van der Waals surface area (Å²) in [7, 11) is 1.29. The van der Waals surface area contributed by atoms with Gasteiger partial charge in [0.05, 0.1) is 18.1 Å². The van der Waals surface area contributed by atoms with E-state index in [0.717, 1.165) is 10.0 Å². The Morgan fingerprint density at radius 3 is 2.62 bits per heavy atom. The molecule has 5 nitrogen and oxygen atoms in total. The van der Waals surface area contributed by atoms with Crippen LogP contribution in [0, 0.1) is 0 Å². The molecule has 0 aliphatic rings. The molecule has 0 aliphatic heterocycles. The summed E-state index contributed by atoms with van der Waals surface area (Å²) in [5.41, 5.74) is 1.53. The van der Waals surface area contributed by atoms with E-state index in [-0.39, 0.29) is 12.0 Å². The quantitative estimate of drug-likeness (QED) is 0.636. The second kappa shape index (κ2) is 6.88. The maximum absolute atomic E-state index is 12.7. The number of carbonyl (C=O) groups is 1. The van der Waals surface area contributed by atoms with Crippen molar-refractivity contribution in [1.82, 2.24) is 0 Å². The molecule has 6 heteroatoms. The van der Waals surface area contributed by atoms with Crippen molar-refractivity contribution in [3.8, 4) is 16.9 Å². The monoisotopic (exact) mass is 388 g/mol. The van der Waals surface area contributed by atoms with Gasteiger partial charge in [0.1, 0.15) is 17.6 Å². The first-order valence-corrected chi connectivity index (χ1v) is 7.89. The summed E-state index contributed by atoms with van der Waals surface area (Å²) in [5, 5.41) is 0.445. The van der Waals surface area contributed by atoms with Gasteiger partial charge in [-0.3, -0.25) is 4.79 Å². The van der Waals surface area contributed by atoms with Crippen molar-refractivity contribution in [2.75, 3.05) is 13.7 Å². The average molecular weight is 389 g/mol. The van der Waals surface area contributed by atoms with Crippen LogP contribution >= 0.6 is 15.9 Å². The van der Waals surface area contributed by atoms with Crippen molar-refractivity contribution in [1.29, 1.82) is 0 Å². The van der Waals surface area contributed by atoms with E-state index in [1.807, 2.05) is 24.3 Å². The first kappa shape index (κ1) is 16.3. The number of fused-ring (bicyclic) bond motifs is 1. The summed E-state index contributed by atoms with van der Waals surface area (Å²) in [6.07, 6.45) is 1.43. The van der Waals surface area contributed by atoms with E-state index >= 15 is 0 Å². The van der Waals surface area contributed by atoms with Crippen LogP contribution in [0.1, 0.15) is 0 Å². The fraction of sp³-hybridized carbons (Fsp3) is 0.111. The van der Waals surface area contributed by atoms with Crippen LogP contribution in [0.5, 0.6) is 5.75 Å². The molecule has 0 N–H and O–H groups in total. The predicted molar refractivity (Wildman–Crippen MR) is 93.1 cm³/mol. The van der Waals surface area contributed by atoms with E-state index in [2.05, 4.69) is 20.7 Å². The second-order valence-corrected chi connectivity index (χ2v) is 5.92. The molecular formula is C18H13BrO5. The summed E-state index contributed by atoms with van der Waals surface area (Å²) in [4.78, 5) is 23.8. The van der Waals surface area contributed by atoms with Gasteiger partial charge in [0.15, 0.2) is 12.0 Å². The molecule has 3 rings (SSSR count). The highest BCUT2D eigenvalue weighted by Crippen LogP contribution is 2.24. The van der Waals surface area contributed by atoms with Crippen molar-refractivity contribution in [3.63, 3.8) is 0 Å². The molecule has 0 atom stereocenters. The highest BCUT2D eigenvalue weighted by molar-refractivity contribution is 9.10. The van der Waals surface area contributed by atoms with Crippen LogP contribution in [0.15, 0.2) is 62.4 Å². The highest BCUT2D eigenvalue weighted by Gasteiger charge is 2.10. The summed E-state index contributed by atoms with van der Waals surface area (Å²) in [5.74, 6) is -0.0606. The molecule has 1 aromatic heterocycles. The van der Waals surface area contributed by atoms with Crippen LogP contribution in [-0.4, -0.2) is 19.7 Å². The van der Waals surface area contributed by atoms with Gasteiger partial charge in [0.25, 0.3) is 0 Å². The number of hydrogen-bond acceptors (Lipinski definition) is 5. The maximum atomic E-state index is 12.7. The number of hydrogen-bond donors (Lipinski definition) is 0. The topological polar surface area (TPSA) is 65.7 Å². The Balaban J connectivity index is 1.96. The number of methoxy groups -OCH3 is 1. The van der Waals surface area contributed by atoms with Gasteiger partial charge in [-0.05, 0) is 29.8 Å². The van der Waals surface area contributed by atoms with Gasteiger partial charge in [0, 0.05) is 10.5 Å². The summed E-state index contributed by atoms with van der Waals surface area (Å²) >= 11 is 3.37. The number of rotatable bonds is 4. The first-order valence-electron chi connectivity index (χ1n) is 7.09. The lowest BCUT2D eigenvalue weighted by Gasteiger charge is -2.06. The minimum absolute atomic E-state index is 0.127. The molecular weight excluding hydrogens is 376 g/mol. The molecule has 0 unspecified atom stereocenters. The Bertz CT molecular complexity index is 944. The smallest absolute Gasteiger partial charge is 0.343 e. The fourth-order valence-electron chi connectivity index (χ4n) is 2.23. The third kappa shape index (κ3) is 3.33. The van der Waals surface area contributed by atoms with E-state index in [1.165, 1.54) is 13.4 Å². The van der Waals surface area contributed by atoms with Crippen molar-refractivity contribution in [2.45, 2.75) is 0 Å². The standard InChI is InChI=1S/C18H13BrO5/c1-22-17(20)10-23-13-6-7-14-16(8-13)24-9-15(18(14)21)11-2-4-12(19)5-3-11/h2-9H,10H2,1H3. The number of ether oxygens (including phenoxy) is 2. The predicted octanol–water partition coefficient (Wildman–Crippen LogP) is 3.77. The van der Waals surface area contributed by atoms with Crippen LogP contribution in [0.4, 0.5) is 0 Å². The van der Waals surface area contributed by atoms with E-state index in [0.29, 0.717) is 22.3 Å². The van der Waals surface area contributed by atoms with Gasteiger partial charge in [-0.2, -0.15) is 0 Å². The van der Waals surface area contributed by atoms with Gasteiger partial charge in [0.2, 0.25) is 0 Å². The molecule has 0 fully saturated rings. The normalized spacial score (nSPS) is 10.6. The Labute approximate surface area is 145 Å². The Morgan fingerprint density at radius 2 is 1.92 bits per heavy atom. The van der Waals surface area contributed by atoms with Crippen LogP contribution in [0.25, 0.3) is 22.1 Å². The molecule has 2 aromatic carbocycles. The Hall–Kier alpha value is -2.60. The first-order chi connectivity index (χ1) is 11.6. The van der Waals surface area contributed by atoms with Crippen LogP contribution in [0.2, 0.25) is 0 Å². The van der Waals surface area contributed by atoms with Gasteiger partial charge < -0.3 is 13.9 Å². The van der Waals surface area contributed by atoms with Crippen molar-refractivity contribution >= 4 is 32.9 Å². The fourth-order valence-corrected chi connectivity index (χ4v) is 2.49. The zero-order valence-electron chi connectivity index (χ0n) is 12.7. The largest absolute Gasteiger partial charge is 0.482 e. The van der Waals surface area contributed by atoms with Gasteiger partial charge in [-0.25, -0.2) is 4.79 Å². The molecule has 0 radical (unpaired) electrons. The van der Waals surface area contributed by atoms with Gasteiger partial charge >= 0.3 is 5.97 Å².